The number of nitrogens with one attached hydrogen (secondary N) is 1. The Labute approximate surface area is 180 Å². The number of methoxy groups -OCH3 is 1. The molecular formula is C23H25N3O3S. The minimum absolute atomic E-state index is 0.0535. The van der Waals surface area contributed by atoms with Gasteiger partial charge in [-0.3, -0.25) is 9.59 Å². The highest BCUT2D eigenvalue weighted by molar-refractivity contribution is 7.13. The molecule has 0 fully saturated rings. The molecule has 2 aromatic carbocycles. The van der Waals surface area contributed by atoms with Crippen molar-refractivity contribution < 1.29 is 14.3 Å². The number of thiazole rings is 1. The zero-order chi connectivity index (χ0) is 21.5. The van der Waals surface area contributed by atoms with Gasteiger partial charge in [-0.25, -0.2) is 4.98 Å². The molecular weight excluding hydrogens is 398 g/mol. The average Bonchev–Trinajstić information content (AvgIpc) is 3.24. The highest BCUT2D eigenvalue weighted by Gasteiger charge is 2.21. The molecule has 0 aliphatic rings. The predicted molar refractivity (Wildman–Crippen MR) is 120 cm³/mol. The molecule has 0 atom stereocenters. The number of amides is 2. The second kappa shape index (κ2) is 10.0. The van der Waals surface area contributed by atoms with Gasteiger partial charge in [0, 0.05) is 17.5 Å². The van der Waals surface area contributed by atoms with E-state index < -0.39 is 0 Å². The van der Waals surface area contributed by atoms with Gasteiger partial charge in [-0.05, 0) is 25.5 Å². The maximum Gasteiger partial charge on any atom is 0.273 e. The van der Waals surface area contributed by atoms with Crippen LogP contribution in [0.25, 0.3) is 10.6 Å². The number of para-hydroxylation sites is 2. The third-order valence-electron chi connectivity index (χ3n) is 4.52. The van der Waals surface area contributed by atoms with Crippen molar-refractivity contribution in [3.63, 3.8) is 0 Å². The van der Waals surface area contributed by atoms with E-state index in [2.05, 4.69) is 10.3 Å². The number of hydrogen-bond acceptors (Lipinski definition) is 5. The van der Waals surface area contributed by atoms with E-state index in [4.69, 9.17) is 4.74 Å². The fourth-order valence-corrected chi connectivity index (χ4v) is 3.80. The number of carbonyl (C=O) groups excluding carboxylic acids is 2. The summed E-state index contributed by atoms with van der Waals surface area (Å²) in [6, 6.07) is 15.2. The summed E-state index contributed by atoms with van der Waals surface area (Å²) in [5.41, 5.74) is 3.07. The summed E-state index contributed by atoms with van der Waals surface area (Å²) in [6.07, 6.45) is 0.739. The summed E-state index contributed by atoms with van der Waals surface area (Å²) in [6.45, 7) is 4.41. The number of aryl methyl sites for hydroxylation is 1. The van der Waals surface area contributed by atoms with Gasteiger partial charge in [-0.15, -0.1) is 11.3 Å². The van der Waals surface area contributed by atoms with Crippen molar-refractivity contribution in [3.8, 4) is 16.3 Å². The van der Waals surface area contributed by atoms with Gasteiger partial charge >= 0.3 is 0 Å². The Balaban J connectivity index is 1.71. The van der Waals surface area contributed by atoms with Gasteiger partial charge in [0.15, 0.2) is 0 Å². The van der Waals surface area contributed by atoms with Gasteiger partial charge in [0.1, 0.15) is 23.0 Å². The molecule has 6 nitrogen and oxygen atoms in total. The van der Waals surface area contributed by atoms with Crippen LogP contribution in [0.3, 0.4) is 0 Å². The number of anilines is 1. The molecule has 0 aliphatic heterocycles. The molecule has 1 N–H and O–H groups in total. The third kappa shape index (κ3) is 5.24. The lowest BCUT2D eigenvalue weighted by Gasteiger charge is -2.21. The first kappa shape index (κ1) is 21.5. The fraction of sp³-hybridized carbons (Fsp3) is 0.261. The van der Waals surface area contributed by atoms with E-state index in [1.165, 1.54) is 21.8 Å². The molecule has 0 saturated heterocycles. The number of ether oxygens (including phenoxy) is 1. The maximum absolute atomic E-state index is 13.0. The van der Waals surface area contributed by atoms with Crippen molar-refractivity contribution in [1.82, 2.24) is 9.88 Å². The van der Waals surface area contributed by atoms with Crippen molar-refractivity contribution in [2.24, 2.45) is 0 Å². The Hall–Kier alpha value is -3.19. The molecule has 156 valence electrons. The van der Waals surface area contributed by atoms with E-state index in [0.717, 1.165) is 17.0 Å². The maximum atomic E-state index is 13.0. The summed E-state index contributed by atoms with van der Waals surface area (Å²) in [7, 11) is 1.55. The predicted octanol–water partition coefficient (Wildman–Crippen LogP) is 4.62. The van der Waals surface area contributed by atoms with Crippen LogP contribution < -0.4 is 10.1 Å². The van der Waals surface area contributed by atoms with Gasteiger partial charge in [0.2, 0.25) is 5.91 Å². The third-order valence-corrected chi connectivity index (χ3v) is 5.41. The fourth-order valence-electron chi connectivity index (χ4n) is 3.00. The number of rotatable bonds is 8. The molecule has 0 spiro atoms. The molecule has 30 heavy (non-hydrogen) atoms. The molecule has 3 aromatic rings. The number of nitrogens with zero attached hydrogens (tertiary/aromatic N) is 2. The summed E-state index contributed by atoms with van der Waals surface area (Å²) in [4.78, 5) is 31.6. The topological polar surface area (TPSA) is 71.5 Å². The Kier molecular flexibility index (Phi) is 7.19. The molecule has 1 aromatic heterocycles. The quantitative estimate of drug-likeness (QED) is 0.574. The molecule has 7 heteroatoms. The first-order valence-electron chi connectivity index (χ1n) is 9.76. The van der Waals surface area contributed by atoms with E-state index in [1.807, 2.05) is 50.2 Å². The number of benzene rings is 2. The van der Waals surface area contributed by atoms with Crippen LogP contribution in [0.2, 0.25) is 0 Å². The van der Waals surface area contributed by atoms with Crippen molar-refractivity contribution in [3.05, 3.63) is 65.2 Å². The molecule has 0 unspecified atom stereocenters. The SMILES string of the molecule is CCCN(CC(=O)Nc1ccccc1OC)C(=O)c1csc(-c2ccc(C)cc2)n1. The first-order valence-corrected chi connectivity index (χ1v) is 10.6. The van der Waals surface area contributed by atoms with Gasteiger partial charge < -0.3 is 15.0 Å². The normalized spacial score (nSPS) is 10.5. The number of hydrogen-bond donors (Lipinski definition) is 1. The monoisotopic (exact) mass is 423 g/mol. The molecule has 1 heterocycles. The van der Waals surface area contributed by atoms with Crippen molar-refractivity contribution in [1.29, 1.82) is 0 Å². The lowest BCUT2D eigenvalue weighted by Crippen LogP contribution is -2.38. The van der Waals surface area contributed by atoms with Crippen LogP contribution in [0.5, 0.6) is 5.75 Å². The van der Waals surface area contributed by atoms with E-state index in [-0.39, 0.29) is 18.4 Å². The minimum atomic E-state index is -0.282. The number of carbonyl (C=O) groups is 2. The van der Waals surface area contributed by atoms with E-state index >= 15 is 0 Å². The summed E-state index contributed by atoms with van der Waals surface area (Å²) < 4.78 is 5.26. The van der Waals surface area contributed by atoms with E-state index in [9.17, 15) is 9.59 Å². The highest BCUT2D eigenvalue weighted by atomic mass is 32.1. The lowest BCUT2D eigenvalue weighted by molar-refractivity contribution is -0.116. The average molecular weight is 424 g/mol. The largest absolute Gasteiger partial charge is 0.495 e. The zero-order valence-corrected chi connectivity index (χ0v) is 18.2. The Morgan fingerprint density at radius 3 is 2.57 bits per heavy atom. The van der Waals surface area contributed by atoms with E-state index in [0.29, 0.717) is 23.7 Å². The van der Waals surface area contributed by atoms with Crippen molar-refractivity contribution in [2.45, 2.75) is 20.3 Å². The second-order valence-electron chi connectivity index (χ2n) is 6.88. The molecule has 0 bridgehead atoms. The summed E-state index contributed by atoms with van der Waals surface area (Å²) >= 11 is 1.42. The zero-order valence-electron chi connectivity index (χ0n) is 17.3. The summed E-state index contributed by atoms with van der Waals surface area (Å²) in [5, 5.41) is 5.35. The summed E-state index contributed by atoms with van der Waals surface area (Å²) in [5.74, 6) is 0.0402. The first-order chi connectivity index (χ1) is 14.5. The van der Waals surface area contributed by atoms with Crippen LogP contribution >= 0.6 is 11.3 Å². The van der Waals surface area contributed by atoms with Crippen LogP contribution in [0.15, 0.2) is 53.9 Å². The molecule has 0 saturated carbocycles. The molecule has 3 rings (SSSR count). The van der Waals surface area contributed by atoms with Crippen LogP contribution in [0, 0.1) is 6.92 Å². The van der Waals surface area contributed by atoms with Crippen LogP contribution in [-0.2, 0) is 4.79 Å². The highest BCUT2D eigenvalue weighted by Crippen LogP contribution is 2.25. The number of aromatic nitrogens is 1. The van der Waals surface area contributed by atoms with E-state index in [1.54, 1.807) is 24.6 Å². The standard InChI is InChI=1S/C23H25N3O3S/c1-4-13-26(14-21(27)24-18-7-5-6-8-20(18)29-3)23(28)19-15-30-22(25-19)17-11-9-16(2)10-12-17/h5-12,15H,4,13-14H2,1-3H3,(H,24,27). The van der Waals surface area contributed by atoms with Gasteiger partial charge in [0.25, 0.3) is 5.91 Å². The van der Waals surface area contributed by atoms with Gasteiger partial charge in [0.05, 0.1) is 12.8 Å². The smallest absolute Gasteiger partial charge is 0.273 e. The molecule has 0 aliphatic carbocycles. The molecule has 2 amide bonds. The molecule has 0 radical (unpaired) electrons. The Morgan fingerprint density at radius 2 is 1.87 bits per heavy atom. The van der Waals surface area contributed by atoms with Crippen LogP contribution in [-0.4, -0.2) is 41.9 Å². The lowest BCUT2D eigenvalue weighted by atomic mass is 10.2. The van der Waals surface area contributed by atoms with Crippen molar-refractivity contribution in [2.75, 3.05) is 25.5 Å². The second-order valence-corrected chi connectivity index (χ2v) is 7.74. The Morgan fingerprint density at radius 1 is 1.13 bits per heavy atom. The van der Waals surface area contributed by atoms with Crippen LogP contribution in [0.1, 0.15) is 29.4 Å². The minimum Gasteiger partial charge on any atom is -0.495 e. The van der Waals surface area contributed by atoms with Crippen molar-refractivity contribution >= 4 is 28.8 Å². The van der Waals surface area contributed by atoms with Gasteiger partial charge in [-0.1, -0.05) is 48.9 Å². The van der Waals surface area contributed by atoms with Crippen LogP contribution in [0.4, 0.5) is 5.69 Å². The Bertz CT molecular complexity index is 1010. The van der Waals surface area contributed by atoms with Gasteiger partial charge in [-0.2, -0.15) is 0 Å².